The van der Waals surface area contributed by atoms with Crippen LogP contribution in [0.5, 0.6) is 28.7 Å². The van der Waals surface area contributed by atoms with E-state index < -0.39 is 46.5 Å². The SMILES string of the molecule is COP1(Oc2cccc(C)c2)=NP(Oc2cccc(C)c2)(Oc2cccc(C(F)(F)F)c2)=N[P@](Oc2cccc(C)c2)(Oc2cccc(C(F)(F)F)c2)=N1. The van der Waals surface area contributed by atoms with Crippen LogP contribution in [0.1, 0.15) is 27.8 Å². The smallest absolute Gasteiger partial charge is 0.422 e. The molecule has 0 spiro atoms. The van der Waals surface area contributed by atoms with Gasteiger partial charge in [0.25, 0.3) is 0 Å². The Hall–Kier alpha value is -4.67. The Bertz CT molecular complexity index is 2240. The topological polar surface area (TPSA) is 92.5 Å². The fraction of sp³-hybridized carbons (Fsp3) is 0.167. The Balaban J connectivity index is 1.70. The van der Waals surface area contributed by atoms with Gasteiger partial charge in [0.15, 0.2) is 0 Å². The number of aryl methyl sites for hydroxylation is 3. The van der Waals surface area contributed by atoms with Crippen molar-refractivity contribution in [3.05, 3.63) is 149 Å². The molecule has 0 N–H and O–H groups in total. The number of rotatable bonds is 11. The first-order chi connectivity index (χ1) is 25.5. The first-order valence-corrected chi connectivity index (χ1v) is 20.6. The zero-order chi connectivity index (χ0) is 38.8. The van der Waals surface area contributed by atoms with E-state index in [9.17, 15) is 26.3 Å². The van der Waals surface area contributed by atoms with Gasteiger partial charge in [-0.15, -0.1) is 9.03 Å². The highest BCUT2D eigenvalue weighted by atomic mass is 31.3. The maximum atomic E-state index is 14.0. The van der Waals surface area contributed by atoms with Gasteiger partial charge in [0.1, 0.15) is 28.7 Å². The first-order valence-electron chi connectivity index (χ1n) is 16.0. The molecule has 1 aliphatic rings. The third kappa shape index (κ3) is 9.51. The van der Waals surface area contributed by atoms with Gasteiger partial charge in [0.05, 0.1) is 11.1 Å². The quantitative estimate of drug-likeness (QED) is 0.0974. The minimum Gasteiger partial charge on any atom is -0.422 e. The summed E-state index contributed by atoms with van der Waals surface area (Å²) in [5.74, 6) is -0.264. The number of nitrogens with zero attached hydrogens (tertiary/aromatic N) is 3. The molecule has 18 heteroatoms. The molecular formula is C36H32F6N3O6P3. The number of halogens is 6. The van der Waals surface area contributed by atoms with Crippen molar-refractivity contribution in [3.8, 4) is 28.7 Å². The van der Waals surface area contributed by atoms with Crippen LogP contribution in [0.4, 0.5) is 26.3 Å². The highest BCUT2D eigenvalue weighted by Gasteiger charge is 2.48. The third-order valence-corrected chi connectivity index (χ3v) is 15.5. The Morgan fingerprint density at radius 3 is 1.00 bits per heavy atom. The van der Waals surface area contributed by atoms with E-state index in [1.54, 1.807) is 93.6 Å². The fourth-order valence-corrected chi connectivity index (χ4v) is 13.9. The second-order valence-corrected chi connectivity index (χ2v) is 18.2. The van der Waals surface area contributed by atoms with Crippen LogP contribution in [-0.4, -0.2) is 7.11 Å². The molecule has 9 nitrogen and oxygen atoms in total. The highest BCUT2D eigenvalue weighted by Crippen LogP contribution is 2.78. The van der Waals surface area contributed by atoms with E-state index >= 15 is 0 Å². The Labute approximate surface area is 307 Å². The fourth-order valence-electron chi connectivity index (χ4n) is 4.97. The lowest BCUT2D eigenvalue weighted by Crippen LogP contribution is -2.11. The molecule has 6 rings (SSSR count). The molecule has 0 bridgehead atoms. The molecule has 2 unspecified atom stereocenters. The second kappa shape index (κ2) is 15.2. The van der Waals surface area contributed by atoms with Gasteiger partial charge < -0.3 is 27.1 Å². The van der Waals surface area contributed by atoms with Crippen molar-refractivity contribution in [1.29, 1.82) is 0 Å². The summed E-state index contributed by atoms with van der Waals surface area (Å²) < 4.78 is 136. The number of hydrogen-bond acceptors (Lipinski definition) is 9. The van der Waals surface area contributed by atoms with Gasteiger partial charge in [-0.1, -0.05) is 53.0 Å². The molecule has 0 amide bonds. The highest BCUT2D eigenvalue weighted by molar-refractivity contribution is 7.78. The maximum absolute atomic E-state index is 14.0. The molecule has 54 heavy (non-hydrogen) atoms. The van der Waals surface area contributed by atoms with Gasteiger partial charge in [-0.25, -0.2) is 0 Å². The van der Waals surface area contributed by atoms with E-state index in [4.69, 9.17) is 40.7 Å². The van der Waals surface area contributed by atoms with Gasteiger partial charge in [-0.05, 0) is 110 Å². The zero-order valence-corrected chi connectivity index (χ0v) is 31.6. The molecule has 0 aromatic heterocycles. The van der Waals surface area contributed by atoms with E-state index in [1.807, 2.05) is 0 Å². The van der Waals surface area contributed by atoms with Crippen LogP contribution in [0, 0.1) is 20.8 Å². The molecule has 284 valence electrons. The molecule has 0 radical (unpaired) electrons. The van der Waals surface area contributed by atoms with Crippen molar-refractivity contribution in [2.75, 3.05) is 7.11 Å². The lowest BCUT2D eigenvalue weighted by Gasteiger charge is -2.33. The summed E-state index contributed by atoms with van der Waals surface area (Å²) in [7, 11) is -12.0. The van der Waals surface area contributed by atoms with E-state index in [0.29, 0.717) is 0 Å². The van der Waals surface area contributed by atoms with Crippen molar-refractivity contribution in [2.24, 2.45) is 13.5 Å². The first kappa shape index (κ1) is 39.0. The summed E-state index contributed by atoms with van der Waals surface area (Å²) in [5.41, 5.74) is 0.144. The van der Waals surface area contributed by atoms with Crippen LogP contribution in [0.15, 0.2) is 135 Å². The third-order valence-electron chi connectivity index (χ3n) is 7.33. The largest absolute Gasteiger partial charge is 0.460 e. The van der Waals surface area contributed by atoms with Crippen molar-refractivity contribution in [1.82, 2.24) is 0 Å². The maximum Gasteiger partial charge on any atom is 0.460 e. The molecule has 5 aromatic rings. The average molecular weight is 810 g/mol. The lowest BCUT2D eigenvalue weighted by atomic mass is 10.2. The van der Waals surface area contributed by atoms with Gasteiger partial charge in [-0.3, -0.25) is 0 Å². The molecule has 1 heterocycles. The zero-order valence-electron chi connectivity index (χ0n) is 28.9. The van der Waals surface area contributed by atoms with E-state index in [0.717, 1.165) is 53.1 Å². The van der Waals surface area contributed by atoms with Crippen molar-refractivity contribution >= 4 is 23.0 Å². The number of benzene rings is 5. The number of hydrogen-bond donors (Lipinski definition) is 0. The Kier molecular flexibility index (Phi) is 11.0. The molecule has 0 fully saturated rings. The normalized spacial score (nSPS) is 21.1. The molecule has 5 aromatic carbocycles. The number of alkyl halides is 6. The summed E-state index contributed by atoms with van der Waals surface area (Å²) >= 11 is 0. The summed E-state index contributed by atoms with van der Waals surface area (Å²) in [4.78, 5) is 0. The molecule has 0 saturated carbocycles. The van der Waals surface area contributed by atoms with Gasteiger partial charge in [0.2, 0.25) is 0 Å². The van der Waals surface area contributed by atoms with Gasteiger partial charge >= 0.3 is 35.3 Å². The second-order valence-electron chi connectivity index (χ2n) is 11.9. The van der Waals surface area contributed by atoms with Gasteiger partial charge in [-0.2, -0.15) is 26.3 Å². The van der Waals surface area contributed by atoms with Gasteiger partial charge in [0, 0.05) is 7.11 Å². The minimum atomic E-state index is -4.76. The molecule has 0 saturated heterocycles. The molecule has 0 aliphatic carbocycles. The van der Waals surface area contributed by atoms with Crippen LogP contribution in [-0.2, 0) is 16.9 Å². The van der Waals surface area contributed by atoms with Crippen LogP contribution in [0.3, 0.4) is 0 Å². The minimum absolute atomic E-state index is 0.127. The summed E-state index contributed by atoms with van der Waals surface area (Å²) in [6.45, 7) is 5.36. The Morgan fingerprint density at radius 1 is 0.407 bits per heavy atom. The standard InChI is InChI=1S/C36H32F6N3O6P3/c1-25-10-5-15-30(20-25)47-52(46-4)43-53(48-31-16-6-11-26(2)21-31,50-33-18-8-13-28(23-33)35(37,38)39)45-54(44-52,49-32-17-7-12-27(3)22-32)51-34-19-9-14-29(24-34)36(40,41)42/h5-24H,1-4H3/t52?,53-,54?/m1/s1. The van der Waals surface area contributed by atoms with E-state index in [-0.39, 0.29) is 28.7 Å². The lowest BCUT2D eigenvalue weighted by molar-refractivity contribution is -0.138. The predicted octanol–water partition coefficient (Wildman–Crippen LogP) is 13.8. The molecular weight excluding hydrogens is 777 g/mol. The summed E-state index contributed by atoms with van der Waals surface area (Å²) in [6, 6.07) is 27.9. The summed E-state index contributed by atoms with van der Waals surface area (Å²) in [6.07, 6.45) is -9.51. The monoisotopic (exact) mass is 809 g/mol. The average Bonchev–Trinajstić information content (AvgIpc) is 3.07. The van der Waals surface area contributed by atoms with Crippen molar-refractivity contribution in [3.63, 3.8) is 0 Å². The van der Waals surface area contributed by atoms with Crippen LogP contribution in [0.2, 0.25) is 0 Å². The Morgan fingerprint density at radius 2 is 0.685 bits per heavy atom. The van der Waals surface area contributed by atoms with Crippen LogP contribution >= 0.6 is 23.0 Å². The van der Waals surface area contributed by atoms with E-state index in [1.165, 1.54) is 19.2 Å². The molecule has 3 atom stereocenters. The van der Waals surface area contributed by atoms with E-state index in [2.05, 4.69) is 0 Å². The predicted molar refractivity (Wildman–Crippen MR) is 195 cm³/mol. The van der Waals surface area contributed by atoms with Crippen LogP contribution < -0.4 is 22.6 Å². The van der Waals surface area contributed by atoms with Crippen molar-refractivity contribution < 1.29 is 53.5 Å². The van der Waals surface area contributed by atoms with Crippen LogP contribution in [0.25, 0.3) is 0 Å². The molecule has 1 aliphatic heterocycles. The summed E-state index contributed by atoms with van der Waals surface area (Å²) in [5, 5.41) is 0. The van der Waals surface area contributed by atoms with Crippen molar-refractivity contribution in [2.45, 2.75) is 33.1 Å².